The maximum absolute atomic E-state index is 13.1. The summed E-state index contributed by atoms with van der Waals surface area (Å²) in [5, 5.41) is 2.40. The summed E-state index contributed by atoms with van der Waals surface area (Å²) >= 11 is 7.58. The zero-order valence-electron chi connectivity index (χ0n) is 14.6. The fourth-order valence-corrected chi connectivity index (χ4v) is 5.61. The van der Waals surface area contributed by atoms with Crippen molar-refractivity contribution in [2.24, 2.45) is 0 Å². The Morgan fingerprint density at radius 3 is 2.69 bits per heavy atom. The van der Waals surface area contributed by atoms with Crippen LogP contribution in [0.5, 0.6) is 0 Å². The van der Waals surface area contributed by atoms with Gasteiger partial charge in [-0.2, -0.15) is 4.31 Å². The molecular formula is C18H24ClN2O3S2+. The molecule has 1 aromatic heterocycles. The van der Waals surface area contributed by atoms with Crippen LogP contribution in [0.1, 0.15) is 11.3 Å². The minimum absolute atomic E-state index is 0.250. The normalized spacial score (nSPS) is 16.2. The van der Waals surface area contributed by atoms with Crippen molar-refractivity contribution in [1.82, 2.24) is 4.31 Å². The van der Waals surface area contributed by atoms with E-state index in [1.807, 2.05) is 17.5 Å². The summed E-state index contributed by atoms with van der Waals surface area (Å²) in [4.78, 5) is 2.77. The molecule has 3 rings (SSSR count). The smallest absolute Gasteiger partial charge is 0.243 e. The minimum atomic E-state index is -3.58. The van der Waals surface area contributed by atoms with Gasteiger partial charge >= 0.3 is 0 Å². The van der Waals surface area contributed by atoms with Crippen LogP contribution in [-0.2, 0) is 21.3 Å². The summed E-state index contributed by atoms with van der Waals surface area (Å²) in [5.41, 5.74) is 0. The molecule has 1 saturated heterocycles. The Morgan fingerprint density at radius 2 is 2.00 bits per heavy atom. The monoisotopic (exact) mass is 415 g/mol. The summed E-state index contributed by atoms with van der Waals surface area (Å²) in [7, 11) is -3.58. The third-order valence-corrected chi connectivity index (χ3v) is 7.42. The third kappa shape index (κ3) is 5.28. The van der Waals surface area contributed by atoms with Crippen LogP contribution in [0, 0.1) is 0 Å². The molecule has 0 atom stereocenters. The molecule has 1 aromatic carbocycles. The van der Waals surface area contributed by atoms with Gasteiger partial charge in [0.1, 0.15) is 13.1 Å². The van der Waals surface area contributed by atoms with E-state index in [-0.39, 0.29) is 4.90 Å². The maximum Gasteiger partial charge on any atom is 0.243 e. The molecular weight excluding hydrogens is 392 g/mol. The number of rotatable bonds is 8. The molecule has 142 valence electrons. The molecule has 1 N–H and O–H groups in total. The number of sulfonamides is 1. The lowest BCUT2D eigenvalue weighted by atomic mass is 10.3. The third-order valence-electron chi connectivity index (χ3n) is 4.48. The Morgan fingerprint density at radius 1 is 1.19 bits per heavy atom. The first kappa shape index (κ1) is 19.8. The summed E-state index contributed by atoms with van der Waals surface area (Å²) in [6.07, 6.45) is 0.820. The number of benzene rings is 1. The lowest BCUT2D eigenvalue weighted by molar-refractivity contribution is -0.908. The lowest BCUT2D eigenvalue weighted by Gasteiger charge is -2.26. The van der Waals surface area contributed by atoms with Crippen molar-refractivity contribution in [2.75, 3.05) is 39.4 Å². The van der Waals surface area contributed by atoms with Gasteiger partial charge < -0.3 is 9.64 Å². The van der Waals surface area contributed by atoms with Gasteiger partial charge in [-0.1, -0.05) is 23.7 Å². The Labute approximate surface area is 164 Å². The highest BCUT2D eigenvalue weighted by molar-refractivity contribution is 7.89. The van der Waals surface area contributed by atoms with Crippen LogP contribution >= 0.6 is 22.9 Å². The molecule has 0 bridgehead atoms. The summed E-state index contributed by atoms with van der Waals surface area (Å²) in [6, 6.07) is 10.4. The summed E-state index contributed by atoms with van der Waals surface area (Å²) in [5.74, 6) is 0. The molecule has 0 spiro atoms. The quantitative estimate of drug-likeness (QED) is 0.716. The van der Waals surface area contributed by atoms with Gasteiger partial charge in [0.05, 0.1) is 24.7 Å². The first-order valence-electron chi connectivity index (χ1n) is 8.75. The standard InChI is InChI=1S/C18H23ClN2O3S2/c19-16-4-1-6-18(14-16)26(22,23)21(15-17-5-2-13-25-17)8-3-7-20-9-11-24-12-10-20/h1-2,4-6,13-14H,3,7-12,15H2/p+1. The molecule has 2 heterocycles. The highest BCUT2D eigenvalue weighted by atomic mass is 35.5. The van der Waals surface area contributed by atoms with Crippen molar-refractivity contribution >= 4 is 33.0 Å². The van der Waals surface area contributed by atoms with Crippen molar-refractivity contribution in [1.29, 1.82) is 0 Å². The van der Waals surface area contributed by atoms with Crippen LogP contribution in [0.25, 0.3) is 0 Å². The second kappa shape index (κ2) is 9.30. The number of quaternary nitrogens is 1. The van der Waals surface area contributed by atoms with E-state index in [9.17, 15) is 8.42 Å². The molecule has 1 aliphatic heterocycles. The number of halogens is 1. The minimum Gasteiger partial charge on any atom is -0.370 e. The van der Waals surface area contributed by atoms with Gasteiger partial charge in [-0.25, -0.2) is 8.42 Å². The van der Waals surface area contributed by atoms with Crippen molar-refractivity contribution in [2.45, 2.75) is 17.9 Å². The van der Waals surface area contributed by atoms with Crippen LogP contribution in [0.2, 0.25) is 5.02 Å². The van der Waals surface area contributed by atoms with Crippen LogP contribution in [0.15, 0.2) is 46.7 Å². The van der Waals surface area contributed by atoms with E-state index in [1.54, 1.807) is 33.8 Å². The number of thiophene rings is 1. The number of nitrogens with zero attached hydrogens (tertiary/aromatic N) is 1. The second-order valence-corrected chi connectivity index (χ2v) is 9.75. The number of ether oxygens (including phenoxy) is 1. The van der Waals surface area contributed by atoms with Crippen molar-refractivity contribution < 1.29 is 18.1 Å². The van der Waals surface area contributed by atoms with E-state index in [4.69, 9.17) is 16.3 Å². The predicted molar refractivity (Wildman–Crippen MR) is 104 cm³/mol. The van der Waals surface area contributed by atoms with Gasteiger partial charge in [0.15, 0.2) is 0 Å². The molecule has 0 aliphatic carbocycles. The Balaban J connectivity index is 1.71. The molecule has 1 aliphatic rings. The summed E-state index contributed by atoms with van der Waals surface area (Å²) in [6.45, 7) is 5.40. The Kier molecular flexibility index (Phi) is 7.08. The van der Waals surface area contributed by atoms with Crippen molar-refractivity contribution in [3.8, 4) is 0 Å². The molecule has 0 radical (unpaired) electrons. The van der Waals surface area contributed by atoms with Crippen LogP contribution in [-0.4, -0.2) is 52.1 Å². The average molecular weight is 416 g/mol. The fraction of sp³-hybridized carbons (Fsp3) is 0.444. The summed E-state index contributed by atoms with van der Waals surface area (Å²) < 4.78 is 33.2. The van der Waals surface area contributed by atoms with Crippen LogP contribution in [0.3, 0.4) is 0 Å². The Hall–Kier alpha value is -0.960. The molecule has 0 unspecified atom stereocenters. The van der Waals surface area contributed by atoms with Gasteiger partial charge in [-0.3, -0.25) is 0 Å². The van der Waals surface area contributed by atoms with Crippen LogP contribution < -0.4 is 4.90 Å². The molecule has 8 heteroatoms. The molecule has 26 heavy (non-hydrogen) atoms. The van der Waals surface area contributed by atoms with Crippen molar-refractivity contribution in [3.63, 3.8) is 0 Å². The molecule has 2 aromatic rings. The first-order chi connectivity index (χ1) is 12.6. The van der Waals surface area contributed by atoms with Gasteiger partial charge in [0.25, 0.3) is 0 Å². The van der Waals surface area contributed by atoms with E-state index in [0.717, 1.165) is 44.1 Å². The number of morpholine rings is 1. The zero-order valence-corrected chi connectivity index (χ0v) is 17.0. The zero-order chi connectivity index (χ0) is 18.4. The predicted octanol–water partition coefficient (Wildman–Crippen LogP) is 1.90. The van der Waals surface area contributed by atoms with Crippen molar-refractivity contribution in [3.05, 3.63) is 51.7 Å². The number of nitrogens with one attached hydrogen (secondary N) is 1. The van der Waals surface area contributed by atoms with E-state index in [2.05, 4.69) is 0 Å². The SMILES string of the molecule is O=S(=O)(c1cccc(Cl)c1)N(CCC[NH+]1CCOCC1)Cc1cccs1. The fourth-order valence-electron chi connectivity index (χ4n) is 3.05. The van der Waals surface area contributed by atoms with E-state index >= 15 is 0 Å². The van der Waals surface area contributed by atoms with E-state index < -0.39 is 10.0 Å². The Bertz CT molecular complexity index is 791. The highest BCUT2D eigenvalue weighted by Gasteiger charge is 2.25. The highest BCUT2D eigenvalue weighted by Crippen LogP contribution is 2.23. The molecule has 5 nitrogen and oxygen atoms in total. The maximum atomic E-state index is 13.1. The van der Waals surface area contributed by atoms with Gasteiger partial charge in [-0.05, 0) is 29.6 Å². The second-order valence-electron chi connectivity index (χ2n) is 6.34. The van der Waals surface area contributed by atoms with E-state index in [1.165, 1.54) is 11.0 Å². The average Bonchev–Trinajstić information content (AvgIpc) is 3.15. The lowest BCUT2D eigenvalue weighted by Crippen LogP contribution is -3.14. The van der Waals surface area contributed by atoms with Crippen LogP contribution in [0.4, 0.5) is 0 Å². The largest absolute Gasteiger partial charge is 0.370 e. The number of hydrogen-bond donors (Lipinski definition) is 1. The first-order valence-corrected chi connectivity index (χ1v) is 11.4. The molecule has 1 fully saturated rings. The van der Waals surface area contributed by atoms with E-state index in [0.29, 0.717) is 18.1 Å². The number of hydrogen-bond acceptors (Lipinski definition) is 4. The van der Waals surface area contributed by atoms with Gasteiger partial charge in [0, 0.05) is 29.4 Å². The molecule has 0 amide bonds. The van der Waals surface area contributed by atoms with Gasteiger partial charge in [0.2, 0.25) is 10.0 Å². The topological polar surface area (TPSA) is 51.0 Å². The van der Waals surface area contributed by atoms with Gasteiger partial charge in [-0.15, -0.1) is 11.3 Å². The molecule has 0 saturated carbocycles.